The van der Waals surface area contributed by atoms with E-state index >= 15 is 0 Å². The number of halogens is 1. The van der Waals surface area contributed by atoms with Gasteiger partial charge in [0.25, 0.3) is 0 Å². The highest BCUT2D eigenvalue weighted by molar-refractivity contribution is 6.30. The Bertz CT molecular complexity index is 1180. The number of aromatic nitrogens is 2. The molecule has 0 amide bonds. The van der Waals surface area contributed by atoms with Crippen molar-refractivity contribution in [3.05, 3.63) is 77.4 Å². The van der Waals surface area contributed by atoms with Crippen LogP contribution in [0.2, 0.25) is 5.02 Å². The summed E-state index contributed by atoms with van der Waals surface area (Å²) in [5.41, 5.74) is 6.43. The van der Waals surface area contributed by atoms with Crippen LogP contribution < -0.4 is 5.32 Å². The highest BCUT2D eigenvalue weighted by atomic mass is 35.5. The molecule has 0 bridgehead atoms. The van der Waals surface area contributed by atoms with E-state index in [4.69, 9.17) is 21.6 Å². The van der Waals surface area contributed by atoms with E-state index in [0.29, 0.717) is 12.0 Å². The molecule has 2 aromatic carbocycles. The molecule has 31 heavy (non-hydrogen) atoms. The van der Waals surface area contributed by atoms with E-state index < -0.39 is 0 Å². The normalized spacial score (nSPS) is 12.3. The van der Waals surface area contributed by atoms with Crippen LogP contribution in [-0.4, -0.2) is 16.0 Å². The Morgan fingerprint density at radius 2 is 1.58 bits per heavy atom. The fourth-order valence-electron chi connectivity index (χ4n) is 4.02. The van der Waals surface area contributed by atoms with Crippen molar-refractivity contribution in [2.24, 2.45) is 5.92 Å². The fourth-order valence-corrected chi connectivity index (χ4v) is 4.15. The lowest BCUT2D eigenvalue weighted by Crippen LogP contribution is -2.18. The number of pyridine rings is 2. The van der Waals surface area contributed by atoms with Gasteiger partial charge in [0, 0.05) is 33.8 Å². The van der Waals surface area contributed by atoms with Crippen LogP contribution in [0, 0.1) is 12.8 Å². The molecular formula is C27H28ClN3. The topological polar surface area (TPSA) is 37.8 Å². The Kier molecular flexibility index (Phi) is 6.24. The molecule has 0 saturated carbocycles. The van der Waals surface area contributed by atoms with Crippen molar-refractivity contribution in [3.63, 3.8) is 0 Å². The molecule has 0 aliphatic carbocycles. The first kappa shape index (κ1) is 21.3. The zero-order valence-corrected chi connectivity index (χ0v) is 19.2. The number of nitrogens with one attached hydrogen (secondary N) is 1. The number of hydrogen-bond donors (Lipinski definition) is 1. The number of benzene rings is 2. The van der Waals surface area contributed by atoms with Crippen LogP contribution in [0.3, 0.4) is 0 Å². The predicted molar refractivity (Wildman–Crippen MR) is 133 cm³/mol. The Balaban J connectivity index is 1.59. The molecule has 1 N–H and O–H groups in total. The molecule has 158 valence electrons. The molecule has 0 fully saturated rings. The predicted octanol–water partition coefficient (Wildman–Crippen LogP) is 7.77. The maximum absolute atomic E-state index is 5.99. The Morgan fingerprint density at radius 3 is 2.26 bits per heavy atom. The molecule has 4 heteroatoms. The van der Waals surface area contributed by atoms with E-state index in [1.807, 2.05) is 30.5 Å². The summed E-state index contributed by atoms with van der Waals surface area (Å²) in [5.74, 6) is 1.60. The molecule has 3 nitrogen and oxygen atoms in total. The third-order valence-electron chi connectivity index (χ3n) is 5.47. The van der Waals surface area contributed by atoms with Gasteiger partial charge in [-0.3, -0.25) is 4.98 Å². The van der Waals surface area contributed by atoms with E-state index in [1.165, 1.54) is 5.56 Å². The van der Waals surface area contributed by atoms with Crippen molar-refractivity contribution >= 4 is 28.3 Å². The van der Waals surface area contributed by atoms with E-state index in [1.54, 1.807) is 0 Å². The maximum atomic E-state index is 5.99. The van der Waals surface area contributed by atoms with Crippen molar-refractivity contribution < 1.29 is 0 Å². The maximum Gasteiger partial charge on any atom is 0.127 e. The number of fused-ring (bicyclic) bond motifs is 1. The lowest BCUT2D eigenvalue weighted by atomic mass is 10.0. The van der Waals surface area contributed by atoms with Crippen LogP contribution in [-0.2, 0) is 0 Å². The van der Waals surface area contributed by atoms with Crippen LogP contribution in [0.25, 0.3) is 33.3 Å². The van der Waals surface area contributed by atoms with Gasteiger partial charge in [-0.15, -0.1) is 0 Å². The minimum absolute atomic E-state index is 0.395. The van der Waals surface area contributed by atoms with Gasteiger partial charge in [-0.05, 0) is 73.7 Å². The molecule has 2 aromatic heterocycles. The molecule has 0 aliphatic heterocycles. The van der Waals surface area contributed by atoms with Crippen molar-refractivity contribution in [3.8, 4) is 22.4 Å². The second kappa shape index (κ2) is 9.07. The smallest absolute Gasteiger partial charge is 0.127 e. The van der Waals surface area contributed by atoms with Gasteiger partial charge in [-0.25, -0.2) is 4.98 Å². The Labute approximate surface area is 189 Å². The molecule has 4 aromatic rings. The largest absolute Gasteiger partial charge is 0.368 e. The summed E-state index contributed by atoms with van der Waals surface area (Å²) in [6.45, 7) is 8.84. The Morgan fingerprint density at radius 1 is 0.871 bits per heavy atom. The van der Waals surface area contributed by atoms with Crippen molar-refractivity contribution in [1.29, 1.82) is 0 Å². The van der Waals surface area contributed by atoms with Crippen molar-refractivity contribution in [2.75, 3.05) is 5.32 Å². The second-order valence-corrected chi connectivity index (χ2v) is 9.11. The molecule has 1 unspecified atom stereocenters. The monoisotopic (exact) mass is 429 g/mol. The van der Waals surface area contributed by atoms with Crippen LogP contribution in [0.15, 0.2) is 66.9 Å². The number of anilines is 1. The summed E-state index contributed by atoms with van der Waals surface area (Å²) < 4.78 is 0. The zero-order valence-electron chi connectivity index (χ0n) is 18.5. The zero-order chi connectivity index (χ0) is 22.0. The summed E-state index contributed by atoms with van der Waals surface area (Å²) >= 11 is 5.99. The van der Waals surface area contributed by atoms with Gasteiger partial charge in [-0.2, -0.15) is 0 Å². The first-order chi connectivity index (χ1) is 14.9. The average molecular weight is 430 g/mol. The van der Waals surface area contributed by atoms with Crippen molar-refractivity contribution in [2.45, 2.75) is 40.2 Å². The van der Waals surface area contributed by atoms with Gasteiger partial charge in [0.1, 0.15) is 5.82 Å². The molecule has 1 atom stereocenters. The molecular weight excluding hydrogens is 402 g/mol. The molecule has 0 spiro atoms. The summed E-state index contributed by atoms with van der Waals surface area (Å²) in [4.78, 5) is 9.54. The summed E-state index contributed by atoms with van der Waals surface area (Å²) in [7, 11) is 0. The van der Waals surface area contributed by atoms with Crippen LogP contribution in [0.5, 0.6) is 0 Å². The highest BCUT2D eigenvalue weighted by Crippen LogP contribution is 2.28. The van der Waals surface area contributed by atoms with E-state index in [9.17, 15) is 0 Å². The van der Waals surface area contributed by atoms with E-state index in [0.717, 1.165) is 50.5 Å². The van der Waals surface area contributed by atoms with E-state index in [2.05, 4.69) is 69.4 Å². The molecule has 0 radical (unpaired) electrons. The second-order valence-electron chi connectivity index (χ2n) is 8.67. The summed E-state index contributed by atoms with van der Waals surface area (Å²) in [5, 5.41) is 5.44. The minimum Gasteiger partial charge on any atom is -0.368 e. The first-order valence-corrected chi connectivity index (χ1v) is 11.2. The summed E-state index contributed by atoms with van der Waals surface area (Å²) in [6, 6.07) is 20.9. The lowest BCUT2D eigenvalue weighted by molar-refractivity contribution is 0.539. The lowest BCUT2D eigenvalue weighted by Gasteiger charge is -2.17. The van der Waals surface area contributed by atoms with Gasteiger partial charge >= 0.3 is 0 Å². The third kappa shape index (κ3) is 5.05. The van der Waals surface area contributed by atoms with E-state index in [-0.39, 0.29) is 0 Å². The van der Waals surface area contributed by atoms with Crippen molar-refractivity contribution in [1.82, 2.24) is 9.97 Å². The number of aryl methyl sites for hydroxylation is 1. The standard InChI is InChI=1S/C27H28ClN3/c1-17(2)13-19(4)30-27-14-18(3)24-15-21(7-12-26(24)31-27)25-11-8-22(16-29-25)20-5-9-23(28)10-6-20/h5-12,14-17,19H,13H2,1-4H3,(H,30,31). The molecule has 2 heterocycles. The SMILES string of the molecule is Cc1cc(NC(C)CC(C)C)nc2ccc(-c3ccc(-c4ccc(Cl)cc4)cn3)cc12. The number of nitrogens with zero attached hydrogens (tertiary/aromatic N) is 2. The van der Waals surface area contributed by atoms with Gasteiger partial charge in [-0.1, -0.05) is 49.7 Å². The quantitative estimate of drug-likeness (QED) is 0.340. The van der Waals surface area contributed by atoms with Crippen LogP contribution in [0.4, 0.5) is 5.82 Å². The highest BCUT2D eigenvalue weighted by Gasteiger charge is 2.10. The summed E-state index contributed by atoms with van der Waals surface area (Å²) in [6.07, 6.45) is 3.03. The Hall–Kier alpha value is -2.91. The minimum atomic E-state index is 0.395. The average Bonchev–Trinajstić information content (AvgIpc) is 2.74. The first-order valence-electron chi connectivity index (χ1n) is 10.8. The van der Waals surface area contributed by atoms with Gasteiger partial charge < -0.3 is 5.32 Å². The fraction of sp³-hybridized carbons (Fsp3) is 0.259. The third-order valence-corrected chi connectivity index (χ3v) is 5.72. The van der Waals surface area contributed by atoms with Crippen LogP contribution >= 0.6 is 11.6 Å². The number of rotatable bonds is 6. The van der Waals surface area contributed by atoms with Gasteiger partial charge in [0.2, 0.25) is 0 Å². The molecule has 0 aliphatic rings. The van der Waals surface area contributed by atoms with Crippen LogP contribution in [0.1, 0.15) is 32.8 Å². The molecule has 4 rings (SSSR count). The molecule has 0 saturated heterocycles. The van der Waals surface area contributed by atoms with Gasteiger partial charge in [0.05, 0.1) is 11.2 Å². The van der Waals surface area contributed by atoms with Gasteiger partial charge in [0.15, 0.2) is 0 Å². The number of hydrogen-bond acceptors (Lipinski definition) is 3.